The normalized spacial score (nSPS) is 8.91. The summed E-state index contributed by atoms with van der Waals surface area (Å²) in [6.45, 7) is 0. The van der Waals surface area contributed by atoms with Gasteiger partial charge in [-0.1, -0.05) is 48.0 Å². The number of hydrogen-bond acceptors (Lipinski definition) is 3. The molecule has 4 heteroatoms. The Bertz CT molecular complexity index is 567. The fraction of sp³-hybridized carbons (Fsp3) is 0. The van der Waals surface area contributed by atoms with Gasteiger partial charge in [0.2, 0.25) is 0 Å². The molecule has 22 heavy (non-hydrogen) atoms. The lowest BCUT2D eigenvalue weighted by Gasteiger charge is -1.87. The maximum Gasteiger partial charge on any atom is 0.0406 e. The molecule has 0 atom stereocenters. The van der Waals surface area contributed by atoms with Gasteiger partial charge in [-0.25, -0.2) is 0 Å². The van der Waals surface area contributed by atoms with Gasteiger partial charge in [-0.2, -0.15) is 0 Å². The van der Waals surface area contributed by atoms with E-state index in [9.17, 15) is 0 Å². The first-order valence-corrected chi connectivity index (χ1v) is 8.22. The van der Waals surface area contributed by atoms with E-state index in [4.69, 9.17) is 11.6 Å². The van der Waals surface area contributed by atoms with Crippen molar-refractivity contribution in [3.63, 3.8) is 0 Å². The molecule has 0 saturated carbocycles. The van der Waals surface area contributed by atoms with Gasteiger partial charge in [-0.15, -0.1) is 37.9 Å². The minimum atomic E-state index is 0.753. The van der Waals surface area contributed by atoms with Crippen molar-refractivity contribution in [2.45, 2.75) is 14.7 Å². The Kier molecular flexibility index (Phi) is 10.0. The summed E-state index contributed by atoms with van der Waals surface area (Å²) in [6.07, 6.45) is 0. The summed E-state index contributed by atoms with van der Waals surface area (Å²) >= 11 is 17.8. The number of rotatable bonds is 0. The van der Waals surface area contributed by atoms with Gasteiger partial charge in [0.15, 0.2) is 0 Å². The minimum absolute atomic E-state index is 0.753. The van der Waals surface area contributed by atoms with Crippen LogP contribution in [-0.4, -0.2) is 0 Å². The van der Waals surface area contributed by atoms with Crippen molar-refractivity contribution in [3.05, 3.63) is 90.0 Å². The fourth-order valence-corrected chi connectivity index (χ4v) is 1.92. The molecular formula is C18H17ClS3. The monoisotopic (exact) mass is 364 g/mol. The first kappa shape index (κ1) is 19.0. The fourth-order valence-electron chi connectivity index (χ4n) is 1.30. The largest absolute Gasteiger partial charge is 0.143 e. The number of halogens is 1. The van der Waals surface area contributed by atoms with Gasteiger partial charge in [0.1, 0.15) is 0 Å². The molecular weight excluding hydrogens is 348 g/mol. The average Bonchev–Trinajstić information content (AvgIpc) is 2.53. The highest BCUT2D eigenvalue weighted by atomic mass is 35.5. The van der Waals surface area contributed by atoms with Crippen molar-refractivity contribution in [3.8, 4) is 0 Å². The third-order valence-electron chi connectivity index (χ3n) is 2.34. The minimum Gasteiger partial charge on any atom is -0.143 e. The van der Waals surface area contributed by atoms with E-state index >= 15 is 0 Å². The van der Waals surface area contributed by atoms with Crippen LogP contribution in [0.15, 0.2) is 99.6 Å². The van der Waals surface area contributed by atoms with Crippen molar-refractivity contribution >= 4 is 49.5 Å². The van der Waals surface area contributed by atoms with E-state index in [1.54, 1.807) is 0 Å². The second-order valence-electron chi connectivity index (χ2n) is 4.15. The van der Waals surface area contributed by atoms with E-state index in [-0.39, 0.29) is 0 Å². The lowest BCUT2D eigenvalue weighted by molar-refractivity contribution is 1.48. The van der Waals surface area contributed by atoms with E-state index in [1.807, 2.05) is 84.9 Å². The molecule has 3 aromatic rings. The molecule has 0 N–H and O–H groups in total. The van der Waals surface area contributed by atoms with Crippen LogP contribution in [0.4, 0.5) is 0 Å². The standard InChI is InChI=1S/C6H5ClS.2C6H6S/c7-5-1-3-6(8)4-2-5;2*7-6-4-2-1-3-5-6/h1-4,8H;2*1-5,7H. The zero-order chi connectivity index (χ0) is 16.2. The Balaban J connectivity index is 0.000000166. The molecule has 0 aliphatic carbocycles. The van der Waals surface area contributed by atoms with Crippen LogP contribution in [0.1, 0.15) is 0 Å². The van der Waals surface area contributed by atoms with Crippen molar-refractivity contribution in [2.24, 2.45) is 0 Å². The maximum absolute atomic E-state index is 5.58. The third-order valence-corrected chi connectivity index (χ3v) is 3.49. The van der Waals surface area contributed by atoms with Crippen molar-refractivity contribution in [1.82, 2.24) is 0 Å². The molecule has 0 radical (unpaired) electrons. The van der Waals surface area contributed by atoms with E-state index in [0.717, 1.165) is 19.7 Å². The van der Waals surface area contributed by atoms with E-state index < -0.39 is 0 Å². The summed E-state index contributed by atoms with van der Waals surface area (Å²) < 4.78 is 0. The Morgan fingerprint density at radius 3 is 1.00 bits per heavy atom. The van der Waals surface area contributed by atoms with Gasteiger partial charge in [-0.3, -0.25) is 0 Å². The van der Waals surface area contributed by atoms with Crippen LogP contribution in [0.5, 0.6) is 0 Å². The molecule has 114 valence electrons. The number of benzene rings is 3. The van der Waals surface area contributed by atoms with Crippen molar-refractivity contribution in [2.75, 3.05) is 0 Å². The SMILES string of the molecule is Sc1ccc(Cl)cc1.Sc1ccccc1.Sc1ccccc1. The molecule has 0 fully saturated rings. The van der Waals surface area contributed by atoms with Gasteiger partial charge in [-0.05, 0) is 48.5 Å². The summed E-state index contributed by atoms with van der Waals surface area (Å²) in [5.41, 5.74) is 0. The summed E-state index contributed by atoms with van der Waals surface area (Å²) in [6, 6.07) is 26.9. The van der Waals surface area contributed by atoms with Crippen molar-refractivity contribution < 1.29 is 0 Å². The van der Waals surface area contributed by atoms with Gasteiger partial charge < -0.3 is 0 Å². The lowest BCUT2D eigenvalue weighted by atomic mass is 10.4. The predicted molar refractivity (Wildman–Crippen MR) is 106 cm³/mol. The molecule has 0 aromatic heterocycles. The lowest BCUT2D eigenvalue weighted by Crippen LogP contribution is -1.61. The van der Waals surface area contributed by atoms with Crippen LogP contribution in [-0.2, 0) is 0 Å². The van der Waals surface area contributed by atoms with E-state index in [2.05, 4.69) is 37.9 Å². The molecule has 0 aliphatic rings. The molecule has 0 bridgehead atoms. The van der Waals surface area contributed by atoms with Crippen LogP contribution in [0.25, 0.3) is 0 Å². The first-order valence-electron chi connectivity index (χ1n) is 6.50. The van der Waals surface area contributed by atoms with Crippen molar-refractivity contribution in [1.29, 1.82) is 0 Å². The highest BCUT2D eigenvalue weighted by Crippen LogP contribution is 2.11. The summed E-state index contributed by atoms with van der Waals surface area (Å²) in [5.74, 6) is 0. The van der Waals surface area contributed by atoms with Crippen LogP contribution in [0.2, 0.25) is 5.02 Å². The average molecular weight is 365 g/mol. The summed E-state index contributed by atoms with van der Waals surface area (Å²) in [7, 11) is 0. The molecule has 3 rings (SSSR count). The van der Waals surface area contributed by atoms with Gasteiger partial charge in [0, 0.05) is 19.7 Å². The van der Waals surface area contributed by atoms with E-state index in [0.29, 0.717) is 0 Å². The number of hydrogen-bond donors (Lipinski definition) is 3. The van der Waals surface area contributed by atoms with Gasteiger partial charge >= 0.3 is 0 Å². The molecule has 0 heterocycles. The second-order valence-corrected chi connectivity index (χ2v) is 6.13. The Labute approximate surface area is 153 Å². The molecule has 0 nitrogen and oxygen atoms in total. The van der Waals surface area contributed by atoms with Gasteiger partial charge in [0.25, 0.3) is 0 Å². The van der Waals surface area contributed by atoms with Crippen LogP contribution in [0.3, 0.4) is 0 Å². The topological polar surface area (TPSA) is 0 Å². The molecule has 0 spiro atoms. The highest BCUT2D eigenvalue weighted by Gasteiger charge is 1.82. The summed E-state index contributed by atoms with van der Waals surface area (Å²) in [4.78, 5) is 2.97. The molecule has 0 amide bonds. The third kappa shape index (κ3) is 9.85. The molecule has 0 aliphatic heterocycles. The molecule has 3 aromatic carbocycles. The zero-order valence-electron chi connectivity index (χ0n) is 11.8. The van der Waals surface area contributed by atoms with Crippen LogP contribution in [0, 0.1) is 0 Å². The first-order chi connectivity index (χ1) is 10.6. The second kappa shape index (κ2) is 11.6. The quantitative estimate of drug-likeness (QED) is 0.369. The highest BCUT2D eigenvalue weighted by molar-refractivity contribution is 7.80. The van der Waals surface area contributed by atoms with Crippen LogP contribution < -0.4 is 0 Å². The van der Waals surface area contributed by atoms with Crippen LogP contribution >= 0.6 is 49.5 Å². The molecule has 0 unspecified atom stereocenters. The Morgan fingerprint density at radius 1 is 0.455 bits per heavy atom. The number of thiol groups is 3. The Hall–Kier alpha value is -1.00. The molecule has 0 saturated heterocycles. The smallest absolute Gasteiger partial charge is 0.0406 e. The Morgan fingerprint density at radius 2 is 0.773 bits per heavy atom. The maximum atomic E-state index is 5.58. The predicted octanol–water partition coefficient (Wildman–Crippen LogP) is 6.58. The summed E-state index contributed by atoms with van der Waals surface area (Å²) in [5, 5.41) is 0.753. The van der Waals surface area contributed by atoms with E-state index in [1.165, 1.54) is 0 Å². The zero-order valence-corrected chi connectivity index (χ0v) is 15.2. The van der Waals surface area contributed by atoms with Gasteiger partial charge in [0.05, 0.1) is 0 Å².